The summed E-state index contributed by atoms with van der Waals surface area (Å²) in [6.07, 6.45) is 6.74. The Labute approximate surface area is 86.4 Å². The molecule has 0 atom stereocenters. The molecule has 3 heteroatoms. The Kier molecular flexibility index (Phi) is 8.15. The van der Waals surface area contributed by atoms with E-state index in [1.165, 1.54) is 0 Å². The Bertz CT molecular complexity index is 185. The first-order chi connectivity index (χ1) is 4.33. The third-order valence-electron chi connectivity index (χ3n) is 1.28. The zero-order chi connectivity index (χ0) is 6.69. The first-order valence-electron chi connectivity index (χ1n) is 2.92. The molecule has 1 rings (SSSR count). The van der Waals surface area contributed by atoms with Crippen LogP contribution in [0.1, 0.15) is 6.42 Å². The van der Waals surface area contributed by atoms with Crippen LogP contribution in [0.15, 0.2) is 36.1 Å². The quantitative estimate of drug-likeness (QED) is 0.520. The monoisotopic (exact) mass is 221 g/mol. The van der Waals surface area contributed by atoms with E-state index in [1.54, 1.807) is 7.11 Å². The molecule has 0 spiro atoms. The first-order valence-corrected chi connectivity index (χ1v) is 2.92. The second-order valence-electron chi connectivity index (χ2n) is 2.03. The average molecular weight is 223 g/mol. The smallest absolute Gasteiger partial charge is 0.0998 e. The molecule has 0 bridgehead atoms. The Hall–Kier alpha value is -0.0666. The molecule has 58 valence electrons. The molecule has 0 fully saturated rings. The number of rotatable bonds is 1. The Morgan fingerprint density at radius 3 is 2.55 bits per heavy atom. The van der Waals surface area contributed by atoms with Crippen LogP contribution in [0.4, 0.5) is 0 Å². The summed E-state index contributed by atoms with van der Waals surface area (Å²) in [5.74, 6) is 0.988. The van der Waals surface area contributed by atoms with E-state index in [2.05, 4.69) is 6.58 Å². The van der Waals surface area contributed by atoms with Crippen molar-refractivity contribution in [2.75, 3.05) is 7.11 Å². The fraction of sp³-hybridized carbons (Fsp3) is 0.250. The molecule has 1 aliphatic carbocycles. The molecule has 1 aliphatic rings. The molecule has 0 heterocycles. The van der Waals surface area contributed by atoms with Crippen LogP contribution in [0.5, 0.6) is 0 Å². The summed E-state index contributed by atoms with van der Waals surface area (Å²) in [5.41, 5.74) is 1.11. The van der Waals surface area contributed by atoms with E-state index in [1.807, 2.05) is 18.2 Å². The molecule has 0 saturated carbocycles. The van der Waals surface area contributed by atoms with Crippen molar-refractivity contribution in [2.45, 2.75) is 6.42 Å². The molecule has 11 heavy (non-hydrogen) atoms. The van der Waals surface area contributed by atoms with E-state index in [0.29, 0.717) is 0 Å². The molecule has 0 unspecified atom stereocenters. The predicted molar refractivity (Wildman–Crippen MR) is 38.0 cm³/mol. The number of hydrogen-bond donors (Lipinski definition) is 0. The van der Waals surface area contributed by atoms with Gasteiger partial charge in [-0.1, -0.05) is 18.7 Å². The Morgan fingerprint density at radius 2 is 2.18 bits per heavy atom. The number of ether oxygens (including phenoxy) is 1. The third-order valence-corrected chi connectivity index (χ3v) is 1.28. The topological polar surface area (TPSA) is 9.23 Å². The SMILES string of the molecule is C=C1C=CC=C(OC)C1.[Cl-].[Zn]. The minimum absolute atomic E-state index is 0. The van der Waals surface area contributed by atoms with Crippen LogP contribution in [0.25, 0.3) is 0 Å². The van der Waals surface area contributed by atoms with Crippen molar-refractivity contribution in [3.63, 3.8) is 0 Å². The van der Waals surface area contributed by atoms with Crippen molar-refractivity contribution >= 4 is 0 Å². The van der Waals surface area contributed by atoms with Gasteiger partial charge in [-0.15, -0.1) is 0 Å². The molecular weight excluding hydrogens is 213 g/mol. The summed E-state index contributed by atoms with van der Waals surface area (Å²) in [5, 5.41) is 0. The minimum atomic E-state index is 0. The van der Waals surface area contributed by atoms with Gasteiger partial charge in [0.15, 0.2) is 0 Å². The van der Waals surface area contributed by atoms with Crippen LogP contribution in [0.3, 0.4) is 0 Å². The summed E-state index contributed by atoms with van der Waals surface area (Å²) >= 11 is 0. The van der Waals surface area contributed by atoms with Gasteiger partial charge in [0.1, 0.15) is 0 Å². The summed E-state index contributed by atoms with van der Waals surface area (Å²) in [4.78, 5) is 0. The second kappa shape index (κ2) is 6.63. The third kappa shape index (κ3) is 4.39. The zero-order valence-electron chi connectivity index (χ0n) is 6.64. The Morgan fingerprint density at radius 1 is 1.55 bits per heavy atom. The maximum Gasteiger partial charge on any atom is 0.0998 e. The van der Waals surface area contributed by atoms with Gasteiger partial charge in [-0.2, -0.15) is 0 Å². The molecular formula is C8H10ClOZn-. The van der Waals surface area contributed by atoms with Gasteiger partial charge in [0.05, 0.1) is 12.9 Å². The van der Waals surface area contributed by atoms with Crippen molar-refractivity contribution in [1.82, 2.24) is 0 Å². The van der Waals surface area contributed by atoms with E-state index < -0.39 is 0 Å². The van der Waals surface area contributed by atoms with E-state index in [9.17, 15) is 0 Å². The molecule has 0 aromatic heterocycles. The van der Waals surface area contributed by atoms with Gasteiger partial charge >= 0.3 is 0 Å². The predicted octanol–water partition coefficient (Wildman–Crippen LogP) is -0.966. The van der Waals surface area contributed by atoms with Gasteiger partial charge in [-0.3, -0.25) is 0 Å². The number of hydrogen-bond acceptors (Lipinski definition) is 1. The van der Waals surface area contributed by atoms with E-state index in [0.717, 1.165) is 17.8 Å². The maximum absolute atomic E-state index is 5.01. The van der Waals surface area contributed by atoms with Gasteiger partial charge in [0, 0.05) is 25.9 Å². The fourth-order valence-corrected chi connectivity index (χ4v) is 0.773. The first kappa shape index (κ1) is 13.5. The average Bonchev–Trinajstić information content (AvgIpc) is 1.88. The van der Waals surface area contributed by atoms with Crippen LogP contribution >= 0.6 is 0 Å². The van der Waals surface area contributed by atoms with Gasteiger partial charge < -0.3 is 17.1 Å². The second-order valence-corrected chi connectivity index (χ2v) is 2.03. The summed E-state index contributed by atoms with van der Waals surface area (Å²) in [6, 6.07) is 0. The molecule has 0 saturated heterocycles. The Balaban J connectivity index is 0. The molecule has 0 radical (unpaired) electrons. The maximum atomic E-state index is 5.01. The summed E-state index contributed by atoms with van der Waals surface area (Å²) in [7, 11) is 1.68. The van der Waals surface area contributed by atoms with Gasteiger partial charge in [0.25, 0.3) is 0 Å². The minimum Gasteiger partial charge on any atom is -1.00 e. The van der Waals surface area contributed by atoms with Gasteiger partial charge in [0.2, 0.25) is 0 Å². The van der Waals surface area contributed by atoms with Crippen molar-refractivity contribution in [3.8, 4) is 0 Å². The normalized spacial score (nSPS) is 14.3. The van der Waals surface area contributed by atoms with Crippen LogP contribution in [-0.4, -0.2) is 7.11 Å². The van der Waals surface area contributed by atoms with Crippen LogP contribution in [0, 0.1) is 0 Å². The largest absolute Gasteiger partial charge is 1.00 e. The van der Waals surface area contributed by atoms with E-state index in [4.69, 9.17) is 4.74 Å². The number of halogens is 1. The summed E-state index contributed by atoms with van der Waals surface area (Å²) in [6.45, 7) is 3.80. The molecule has 1 nitrogen and oxygen atoms in total. The molecule has 0 amide bonds. The zero-order valence-corrected chi connectivity index (χ0v) is 10.4. The van der Waals surface area contributed by atoms with Crippen molar-refractivity contribution < 1.29 is 36.6 Å². The molecule has 0 N–H and O–H groups in total. The van der Waals surface area contributed by atoms with Crippen LogP contribution < -0.4 is 12.4 Å². The van der Waals surface area contributed by atoms with Crippen molar-refractivity contribution in [2.24, 2.45) is 0 Å². The number of methoxy groups -OCH3 is 1. The van der Waals surface area contributed by atoms with Gasteiger partial charge in [-0.25, -0.2) is 0 Å². The number of allylic oxidation sites excluding steroid dienone is 4. The molecule has 0 aromatic rings. The van der Waals surface area contributed by atoms with E-state index >= 15 is 0 Å². The van der Waals surface area contributed by atoms with Crippen LogP contribution in [0.2, 0.25) is 0 Å². The fourth-order valence-electron chi connectivity index (χ4n) is 0.773. The van der Waals surface area contributed by atoms with Crippen molar-refractivity contribution in [3.05, 3.63) is 36.1 Å². The standard InChI is InChI=1S/C8H10O.ClH.Zn/c1-7-4-3-5-8(6-7)9-2;;/h3-5H,1,6H2,2H3;1H;/p-1. The molecule has 0 aromatic carbocycles. The van der Waals surface area contributed by atoms with E-state index in [-0.39, 0.29) is 31.9 Å². The summed E-state index contributed by atoms with van der Waals surface area (Å²) < 4.78 is 5.01. The molecule has 0 aliphatic heterocycles. The van der Waals surface area contributed by atoms with Crippen LogP contribution in [-0.2, 0) is 24.2 Å². The van der Waals surface area contributed by atoms with Crippen molar-refractivity contribution in [1.29, 1.82) is 0 Å². The van der Waals surface area contributed by atoms with Gasteiger partial charge in [-0.05, 0) is 11.6 Å².